The van der Waals surface area contributed by atoms with E-state index in [1.165, 1.54) is 5.56 Å². The molecule has 0 saturated carbocycles. The van der Waals surface area contributed by atoms with E-state index in [2.05, 4.69) is 15.2 Å². The lowest BCUT2D eigenvalue weighted by atomic mass is 10.1. The molecule has 0 spiro atoms. The van der Waals surface area contributed by atoms with E-state index in [-0.39, 0.29) is 5.56 Å². The van der Waals surface area contributed by atoms with E-state index in [0.29, 0.717) is 29.3 Å². The summed E-state index contributed by atoms with van der Waals surface area (Å²) in [6.45, 7) is 1.32. The Kier molecular flexibility index (Phi) is 4.03. The van der Waals surface area contributed by atoms with Crippen LogP contribution < -0.4 is 5.56 Å². The molecule has 6 nitrogen and oxygen atoms in total. The number of fused-ring (bicyclic) bond motifs is 1. The van der Waals surface area contributed by atoms with E-state index >= 15 is 0 Å². The van der Waals surface area contributed by atoms with E-state index in [0.717, 1.165) is 31.4 Å². The Balaban J connectivity index is 2.08. The van der Waals surface area contributed by atoms with Crippen molar-refractivity contribution >= 4 is 12.2 Å². The molecular formula is C14H18N4O2S. The van der Waals surface area contributed by atoms with Crippen molar-refractivity contribution < 1.29 is 4.74 Å². The number of hydrogen-bond donors (Lipinski definition) is 2. The summed E-state index contributed by atoms with van der Waals surface area (Å²) in [5.74, 6) is 0.514. The summed E-state index contributed by atoms with van der Waals surface area (Å²) in [5.41, 5.74) is 2.98. The average molecular weight is 306 g/mol. The van der Waals surface area contributed by atoms with Crippen LogP contribution in [0.5, 0.6) is 0 Å². The molecular weight excluding hydrogens is 288 g/mol. The lowest BCUT2D eigenvalue weighted by Crippen LogP contribution is -2.26. The molecule has 7 heteroatoms. The summed E-state index contributed by atoms with van der Waals surface area (Å²) in [5, 5.41) is 5.61. The number of aromatic nitrogens is 4. The maximum Gasteiger partial charge on any atom is 0.261 e. The standard InChI is InChI=1S/C14H18N4O2S/c1-20-7-3-6-18-11-5-2-4-9(11)8-10(13(18)19)12-15-14(21)17-16-12/h8H,2-7H2,1H3,(H2,15,16,17,21). The highest BCUT2D eigenvalue weighted by Gasteiger charge is 2.20. The molecule has 2 aromatic heterocycles. The maximum atomic E-state index is 12.7. The fourth-order valence-corrected chi connectivity index (χ4v) is 3.03. The second kappa shape index (κ2) is 5.95. The van der Waals surface area contributed by atoms with Crippen LogP contribution >= 0.6 is 12.2 Å². The minimum atomic E-state index is -0.00972. The molecule has 2 heterocycles. The van der Waals surface area contributed by atoms with Crippen LogP contribution in [0.4, 0.5) is 0 Å². The fraction of sp³-hybridized carbons (Fsp3) is 0.500. The van der Waals surface area contributed by atoms with Gasteiger partial charge in [-0.25, -0.2) is 0 Å². The molecule has 112 valence electrons. The molecule has 0 unspecified atom stereocenters. The normalized spacial score (nSPS) is 13.6. The first-order chi connectivity index (χ1) is 10.2. The van der Waals surface area contributed by atoms with E-state index in [1.54, 1.807) is 7.11 Å². The van der Waals surface area contributed by atoms with Gasteiger partial charge in [0.1, 0.15) is 0 Å². The Labute approximate surface area is 127 Å². The number of ether oxygens (including phenoxy) is 1. The molecule has 2 N–H and O–H groups in total. The SMILES string of the molecule is COCCCn1c2c(cc(-c3nc(=S)[nH][nH]3)c1=O)CCC2. The third kappa shape index (κ3) is 2.71. The van der Waals surface area contributed by atoms with Crippen LogP contribution in [-0.2, 0) is 24.1 Å². The topological polar surface area (TPSA) is 75.7 Å². The number of pyridine rings is 1. The summed E-state index contributed by atoms with van der Waals surface area (Å²) in [6.07, 6.45) is 3.90. The molecule has 0 radical (unpaired) electrons. The predicted octanol–water partition coefficient (Wildman–Crippen LogP) is 1.82. The molecule has 0 aromatic carbocycles. The van der Waals surface area contributed by atoms with Gasteiger partial charge < -0.3 is 9.30 Å². The number of methoxy groups -OCH3 is 1. The van der Waals surface area contributed by atoms with Gasteiger partial charge >= 0.3 is 0 Å². The third-order valence-corrected chi connectivity index (χ3v) is 4.03. The molecule has 3 rings (SSSR count). The molecule has 21 heavy (non-hydrogen) atoms. The van der Waals surface area contributed by atoms with Crippen LogP contribution in [0.25, 0.3) is 11.4 Å². The first-order valence-electron chi connectivity index (χ1n) is 7.10. The van der Waals surface area contributed by atoms with Crippen LogP contribution in [0, 0.1) is 4.77 Å². The number of aryl methyl sites for hydroxylation is 1. The smallest absolute Gasteiger partial charge is 0.261 e. The van der Waals surface area contributed by atoms with E-state index in [1.807, 2.05) is 10.6 Å². The minimum absolute atomic E-state index is 0.00972. The summed E-state index contributed by atoms with van der Waals surface area (Å²) in [7, 11) is 1.67. The molecule has 0 atom stereocenters. The number of H-pyrrole nitrogens is 2. The van der Waals surface area contributed by atoms with Gasteiger partial charge in [0.15, 0.2) is 5.82 Å². The van der Waals surface area contributed by atoms with Crippen molar-refractivity contribution in [3.63, 3.8) is 0 Å². The highest BCUT2D eigenvalue weighted by molar-refractivity contribution is 7.71. The van der Waals surface area contributed by atoms with Crippen molar-refractivity contribution in [1.29, 1.82) is 0 Å². The summed E-state index contributed by atoms with van der Waals surface area (Å²) < 4.78 is 7.32. The van der Waals surface area contributed by atoms with Crippen LogP contribution in [0.2, 0.25) is 0 Å². The van der Waals surface area contributed by atoms with Crippen molar-refractivity contribution in [3.8, 4) is 11.4 Å². The minimum Gasteiger partial charge on any atom is -0.385 e. The van der Waals surface area contributed by atoms with Gasteiger partial charge in [0.2, 0.25) is 4.77 Å². The molecule has 2 aromatic rings. The molecule has 1 aliphatic carbocycles. The average Bonchev–Trinajstić information content (AvgIpc) is 3.09. The largest absolute Gasteiger partial charge is 0.385 e. The lowest BCUT2D eigenvalue weighted by molar-refractivity contribution is 0.189. The van der Waals surface area contributed by atoms with Gasteiger partial charge in [-0.05, 0) is 49.5 Å². The zero-order valence-electron chi connectivity index (χ0n) is 11.9. The molecule has 0 amide bonds. The van der Waals surface area contributed by atoms with E-state index < -0.39 is 0 Å². The third-order valence-electron chi connectivity index (χ3n) is 3.84. The van der Waals surface area contributed by atoms with Crippen LogP contribution in [-0.4, -0.2) is 33.5 Å². The van der Waals surface area contributed by atoms with Gasteiger partial charge in [-0.3, -0.25) is 15.0 Å². The second-order valence-corrected chi connectivity index (χ2v) is 5.59. The van der Waals surface area contributed by atoms with Crippen LogP contribution in [0.15, 0.2) is 10.9 Å². The molecule has 0 fully saturated rings. The Bertz CT molecular complexity index is 759. The number of rotatable bonds is 5. The monoisotopic (exact) mass is 306 g/mol. The van der Waals surface area contributed by atoms with Crippen molar-refractivity contribution in [3.05, 3.63) is 32.4 Å². The maximum absolute atomic E-state index is 12.7. The fourth-order valence-electron chi connectivity index (χ4n) is 2.89. The van der Waals surface area contributed by atoms with Gasteiger partial charge in [-0.2, -0.15) is 4.98 Å². The summed E-state index contributed by atoms with van der Waals surface area (Å²) in [6, 6.07) is 1.96. The quantitative estimate of drug-likeness (QED) is 0.652. The second-order valence-electron chi connectivity index (χ2n) is 5.20. The summed E-state index contributed by atoms with van der Waals surface area (Å²) in [4.78, 5) is 16.9. The van der Waals surface area contributed by atoms with Crippen molar-refractivity contribution in [2.24, 2.45) is 0 Å². The Hall–Kier alpha value is -1.73. The Morgan fingerprint density at radius 3 is 3.00 bits per heavy atom. The van der Waals surface area contributed by atoms with E-state index in [9.17, 15) is 4.79 Å². The van der Waals surface area contributed by atoms with Crippen molar-refractivity contribution in [2.75, 3.05) is 13.7 Å². The number of aromatic amines is 2. The zero-order chi connectivity index (χ0) is 14.8. The Morgan fingerprint density at radius 1 is 1.43 bits per heavy atom. The highest BCUT2D eigenvalue weighted by atomic mass is 32.1. The van der Waals surface area contributed by atoms with Crippen LogP contribution in [0.1, 0.15) is 24.1 Å². The van der Waals surface area contributed by atoms with Gasteiger partial charge in [0.25, 0.3) is 5.56 Å². The first kappa shape index (κ1) is 14.2. The molecule has 1 aliphatic rings. The van der Waals surface area contributed by atoms with Crippen molar-refractivity contribution in [1.82, 2.24) is 19.7 Å². The predicted molar refractivity (Wildman–Crippen MR) is 82.0 cm³/mol. The number of nitrogens with zero attached hydrogens (tertiary/aromatic N) is 2. The molecule has 0 bridgehead atoms. The molecule has 0 saturated heterocycles. The van der Waals surface area contributed by atoms with Gasteiger partial charge in [-0.15, -0.1) is 0 Å². The molecule has 0 aliphatic heterocycles. The van der Waals surface area contributed by atoms with E-state index in [4.69, 9.17) is 17.0 Å². The zero-order valence-corrected chi connectivity index (χ0v) is 12.8. The van der Waals surface area contributed by atoms with Gasteiger partial charge in [0.05, 0.1) is 5.56 Å². The number of hydrogen-bond acceptors (Lipinski definition) is 4. The highest BCUT2D eigenvalue weighted by Crippen LogP contribution is 2.24. The Morgan fingerprint density at radius 2 is 2.29 bits per heavy atom. The number of nitrogens with one attached hydrogen (secondary N) is 2. The van der Waals surface area contributed by atoms with Crippen LogP contribution in [0.3, 0.4) is 0 Å². The summed E-state index contributed by atoms with van der Waals surface area (Å²) >= 11 is 4.97. The van der Waals surface area contributed by atoms with Gasteiger partial charge in [-0.1, -0.05) is 0 Å². The van der Waals surface area contributed by atoms with Gasteiger partial charge in [0, 0.05) is 26.0 Å². The lowest BCUT2D eigenvalue weighted by Gasteiger charge is -2.13. The first-order valence-corrected chi connectivity index (χ1v) is 7.51. The van der Waals surface area contributed by atoms with Crippen molar-refractivity contribution in [2.45, 2.75) is 32.2 Å².